The van der Waals surface area contributed by atoms with Crippen LogP contribution in [-0.2, 0) is 4.74 Å². The lowest BCUT2D eigenvalue weighted by Gasteiger charge is -2.29. The molecule has 3 fully saturated rings. The zero-order valence-corrected chi connectivity index (χ0v) is 15.1. The number of nitrogens with one attached hydrogen (secondary N) is 1. The minimum absolute atomic E-state index is 0.103. The Hall–Kier alpha value is -2.61. The largest absolute Gasteiger partial charge is 0.494 e. The molecule has 4 atom stereocenters. The van der Waals surface area contributed by atoms with Crippen LogP contribution in [0.1, 0.15) is 23.2 Å². The smallest absolute Gasteiger partial charge is 0.254 e. The summed E-state index contributed by atoms with van der Waals surface area (Å²) in [7, 11) is 1.60. The molecule has 8 heteroatoms. The number of ether oxygens (including phenoxy) is 2. The van der Waals surface area contributed by atoms with Crippen molar-refractivity contribution in [1.82, 2.24) is 15.3 Å². The van der Waals surface area contributed by atoms with Gasteiger partial charge in [0, 0.05) is 24.9 Å². The van der Waals surface area contributed by atoms with Gasteiger partial charge in [-0.3, -0.25) is 4.79 Å². The van der Waals surface area contributed by atoms with Crippen molar-refractivity contribution in [3.05, 3.63) is 36.5 Å². The van der Waals surface area contributed by atoms with Crippen molar-refractivity contribution in [1.29, 1.82) is 0 Å². The van der Waals surface area contributed by atoms with Crippen LogP contribution in [0.2, 0.25) is 0 Å². The van der Waals surface area contributed by atoms with Crippen molar-refractivity contribution in [3.8, 4) is 5.75 Å². The molecule has 2 bridgehead atoms. The molecule has 0 aliphatic carbocycles. The molecule has 2 aromatic rings. The number of carbonyl (C=O) groups excluding carboxylic acids is 1. The summed E-state index contributed by atoms with van der Waals surface area (Å²) in [4.78, 5) is 23.3. The Morgan fingerprint density at radius 3 is 3.04 bits per heavy atom. The Morgan fingerprint density at radius 1 is 1.44 bits per heavy atom. The summed E-state index contributed by atoms with van der Waals surface area (Å²) < 4.78 is 16.6. The van der Waals surface area contributed by atoms with E-state index < -0.39 is 0 Å². The van der Waals surface area contributed by atoms with Gasteiger partial charge in [-0.1, -0.05) is 0 Å². The quantitative estimate of drug-likeness (QED) is 0.853. The third-order valence-corrected chi connectivity index (χ3v) is 6.20. The van der Waals surface area contributed by atoms with Crippen LogP contribution in [0.25, 0.3) is 0 Å². The lowest BCUT2D eigenvalue weighted by atomic mass is 9.73. The van der Waals surface area contributed by atoms with E-state index in [4.69, 9.17) is 13.9 Å². The van der Waals surface area contributed by atoms with Crippen LogP contribution >= 0.6 is 0 Å². The molecule has 5 heterocycles. The maximum Gasteiger partial charge on any atom is 0.254 e. The highest BCUT2D eigenvalue weighted by molar-refractivity contribution is 5.93. The van der Waals surface area contributed by atoms with Gasteiger partial charge in [-0.25, -0.2) is 9.97 Å². The van der Waals surface area contributed by atoms with E-state index >= 15 is 0 Å². The average molecular weight is 370 g/mol. The first-order valence-corrected chi connectivity index (χ1v) is 9.28. The fourth-order valence-electron chi connectivity index (χ4n) is 4.90. The number of methoxy groups -OCH3 is 1. The predicted octanol–water partition coefficient (Wildman–Crippen LogP) is 1.49. The first-order valence-electron chi connectivity index (χ1n) is 9.28. The first-order chi connectivity index (χ1) is 13.2. The van der Waals surface area contributed by atoms with E-state index in [1.54, 1.807) is 25.6 Å². The molecule has 8 nitrogen and oxygen atoms in total. The van der Waals surface area contributed by atoms with Gasteiger partial charge in [-0.15, -0.1) is 0 Å². The minimum Gasteiger partial charge on any atom is -0.494 e. The maximum atomic E-state index is 12.3. The highest BCUT2D eigenvalue weighted by Gasteiger charge is 2.63. The van der Waals surface area contributed by atoms with Crippen LogP contribution in [0.15, 0.2) is 35.4 Å². The number of fused-ring (bicyclic) bond motifs is 1. The number of furan rings is 1. The number of hydrogen-bond acceptors (Lipinski definition) is 7. The van der Waals surface area contributed by atoms with Gasteiger partial charge in [-0.2, -0.15) is 0 Å². The standard InChI is InChI=1S/C19H22N4O4/c1-25-13-6-21-18(22-7-13)23-9-15-14(16-2-4-19(15,11-23)27-16)8-20-17(24)12-3-5-26-10-12/h3,5-7,10,14-16H,2,4,8-9,11H2,1H3,(H,20,24)/t14-,15+,16+,19+/m0/s1. The minimum atomic E-state index is -0.140. The van der Waals surface area contributed by atoms with E-state index in [2.05, 4.69) is 20.2 Å². The molecule has 1 spiro atoms. The van der Waals surface area contributed by atoms with E-state index in [1.807, 2.05) is 0 Å². The van der Waals surface area contributed by atoms with Gasteiger partial charge in [0.15, 0.2) is 5.75 Å². The van der Waals surface area contributed by atoms with E-state index in [-0.39, 0.29) is 17.6 Å². The van der Waals surface area contributed by atoms with Crippen molar-refractivity contribution in [2.45, 2.75) is 24.5 Å². The van der Waals surface area contributed by atoms with Gasteiger partial charge >= 0.3 is 0 Å². The molecule has 2 aromatic heterocycles. The van der Waals surface area contributed by atoms with Gasteiger partial charge in [0.05, 0.1) is 49.6 Å². The van der Waals surface area contributed by atoms with E-state index in [0.717, 1.165) is 25.9 Å². The molecule has 5 rings (SSSR count). The highest BCUT2D eigenvalue weighted by Crippen LogP contribution is 2.54. The summed E-state index contributed by atoms with van der Waals surface area (Å²) >= 11 is 0. The number of nitrogens with zero attached hydrogens (tertiary/aromatic N) is 3. The molecule has 1 amide bonds. The van der Waals surface area contributed by atoms with Crippen molar-refractivity contribution in [2.75, 3.05) is 31.6 Å². The molecular formula is C19H22N4O4. The average Bonchev–Trinajstić information content (AvgIpc) is 3.46. The molecule has 0 aromatic carbocycles. The molecule has 0 unspecified atom stereocenters. The Bertz CT molecular complexity index is 825. The van der Waals surface area contributed by atoms with E-state index in [1.165, 1.54) is 12.5 Å². The number of hydrogen-bond donors (Lipinski definition) is 1. The summed E-state index contributed by atoms with van der Waals surface area (Å²) in [6.07, 6.45) is 8.67. The monoisotopic (exact) mass is 370 g/mol. The van der Waals surface area contributed by atoms with Gasteiger partial charge in [0.2, 0.25) is 5.95 Å². The summed E-state index contributed by atoms with van der Waals surface area (Å²) in [5.74, 6) is 1.92. The summed E-state index contributed by atoms with van der Waals surface area (Å²) in [5, 5.41) is 3.05. The number of rotatable bonds is 5. The Morgan fingerprint density at radius 2 is 2.30 bits per heavy atom. The Kier molecular flexibility index (Phi) is 3.82. The van der Waals surface area contributed by atoms with E-state index in [0.29, 0.717) is 35.6 Å². The van der Waals surface area contributed by atoms with Gasteiger partial charge in [-0.05, 0) is 18.9 Å². The number of amides is 1. The third kappa shape index (κ3) is 2.66. The molecule has 0 radical (unpaired) electrons. The summed E-state index contributed by atoms with van der Waals surface area (Å²) in [6.45, 7) is 2.25. The van der Waals surface area contributed by atoms with Crippen molar-refractivity contribution in [3.63, 3.8) is 0 Å². The van der Waals surface area contributed by atoms with Gasteiger partial charge in [0.25, 0.3) is 5.91 Å². The molecule has 3 aliphatic heterocycles. The van der Waals surface area contributed by atoms with Crippen LogP contribution in [0, 0.1) is 11.8 Å². The molecule has 3 aliphatic rings. The SMILES string of the molecule is COc1cnc(N2C[C@@H]3[C@H](CNC(=O)c4ccoc4)[C@H]4CC[C@]3(C2)O4)nc1. The number of carbonyl (C=O) groups is 1. The second-order valence-electron chi connectivity index (χ2n) is 7.56. The third-order valence-electron chi connectivity index (χ3n) is 6.20. The lowest BCUT2D eigenvalue weighted by Crippen LogP contribution is -2.41. The van der Waals surface area contributed by atoms with Crippen molar-refractivity contribution < 1.29 is 18.7 Å². The van der Waals surface area contributed by atoms with Gasteiger partial charge < -0.3 is 24.1 Å². The fourth-order valence-corrected chi connectivity index (χ4v) is 4.90. The second kappa shape index (κ2) is 6.23. The molecule has 3 saturated heterocycles. The van der Waals surface area contributed by atoms with Crippen LogP contribution < -0.4 is 15.0 Å². The second-order valence-corrected chi connectivity index (χ2v) is 7.56. The number of aromatic nitrogens is 2. The maximum absolute atomic E-state index is 12.3. The van der Waals surface area contributed by atoms with Crippen molar-refractivity contribution in [2.24, 2.45) is 11.8 Å². The Balaban J connectivity index is 1.29. The predicted molar refractivity (Wildman–Crippen MR) is 95.7 cm³/mol. The highest BCUT2D eigenvalue weighted by atomic mass is 16.5. The fraction of sp³-hybridized carbons (Fsp3) is 0.526. The van der Waals surface area contributed by atoms with Crippen LogP contribution in [0.4, 0.5) is 5.95 Å². The summed E-state index contributed by atoms with van der Waals surface area (Å²) in [6, 6.07) is 1.67. The molecular weight excluding hydrogens is 348 g/mol. The zero-order valence-electron chi connectivity index (χ0n) is 15.1. The van der Waals surface area contributed by atoms with Crippen LogP contribution in [-0.4, -0.2) is 54.3 Å². The van der Waals surface area contributed by atoms with Crippen LogP contribution in [0.3, 0.4) is 0 Å². The summed E-state index contributed by atoms with van der Waals surface area (Å²) in [5.41, 5.74) is 0.410. The molecule has 27 heavy (non-hydrogen) atoms. The van der Waals surface area contributed by atoms with Crippen molar-refractivity contribution >= 4 is 11.9 Å². The Labute approximate surface area is 156 Å². The van der Waals surface area contributed by atoms with Crippen LogP contribution in [0.5, 0.6) is 5.75 Å². The molecule has 0 saturated carbocycles. The topological polar surface area (TPSA) is 89.7 Å². The lowest BCUT2D eigenvalue weighted by molar-refractivity contribution is 0.0141. The first kappa shape index (κ1) is 16.6. The number of anilines is 1. The van der Waals surface area contributed by atoms with Gasteiger partial charge in [0.1, 0.15) is 6.26 Å². The molecule has 142 valence electrons. The zero-order chi connectivity index (χ0) is 18.4. The van der Waals surface area contributed by atoms with E-state index in [9.17, 15) is 4.79 Å². The normalized spacial score (nSPS) is 31.1. The molecule has 1 N–H and O–H groups in total.